The third-order valence-corrected chi connectivity index (χ3v) is 2.76. The zero-order valence-corrected chi connectivity index (χ0v) is 11.1. The van der Waals surface area contributed by atoms with Crippen molar-refractivity contribution in [3.8, 4) is 0 Å². The van der Waals surface area contributed by atoms with Crippen molar-refractivity contribution in [1.29, 1.82) is 0 Å². The van der Waals surface area contributed by atoms with Gasteiger partial charge in [-0.1, -0.05) is 5.21 Å². The Labute approximate surface area is 110 Å². The lowest BCUT2D eigenvalue weighted by Crippen LogP contribution is -2.37. The van der Waals surface area contributed by atoms with Gasteiger partial charge < -0.3 is 9.80 Å². The van der Waals surface area contributed by atoms with Gasteiger partial charge in [0.05, 0.1) is 23.8 Å². The minimum Gasteiger partial charge on any atom is -0.347 e. The highest BCUT2D eigenvalue weighted by atomic mass is 16.2. The minimum absolute atomic E-state index is 0.0429. The Kier molecular flexibility index (Phi) is 3.46. The number of carbonyl (C=O) groups is 2. The summed E-state index contributed by atoms with van der Waals surface area (Å²) in [7, 11) is 4.90. The molecule has 0 atom stereocenters. The monoisotopic (exact) mass is 261 g/mol. The first kappa shape index (κ1) is 13.0. The number of aromatic nitrogens is 3. The van der Waals surface area contributed by atoms with E-state index >= 15 is 0 Å². The van der Waals surface area contributed by atoms with Crippen LogP contribution in [0.5, 0.6) is 0 Å². The highest BCUT2D eigenvalue weighted by Crippen LogP contribution is 2.07. The largest absolute Gasteiger partial charge is 0.347 e. The van der Waals surface area contributed by atoms with Crippen molar-refractivity contribution in [2.24, 2.45) is 0 Å². The second-order valence-electron chi connectivity index (χ2n) is 4.47. The molecule has 0 fully saturated rings. The van der Waals surface area contributed by atoms with E-state index in [1.54, 1.807) is 45.7 Å². The van der Waals surface area contributed by atoms with Gasteiger partial charge in [-0.15, -0.1) is 5.10 Å². The number of hydrogen-bond acceptors (Lipinski definition) is 4. The van der Waals surface area contributed by atoms with Gasteiger partial charge in [0.15, 0.2) is 0 Å². The highest BCUT2D eigenvalue weighted by molar-refractivity contribution is 5.96. The summed E-state index contributed by atoms with van der Waals surface area (Å²) < 4.78 is 1.52. The number of carbonyl (C=O) groups excluding carboxylic acids is 2. The molecule has 2 aromatic rings. The molecule has 0 aromatic carbocycles. The van der Waals surface area contributed by atoms with Crippen molar-refractivity contribution in [2.75, 3.05) is 27.7 Å². The standard InChI is InChI=1S/C12H15N5O2/c1-15(2)11(18)8-16(3)12(19)9-4-5-10-6-13-14-17(10)7-9/h4-7H,8H2,1-3H3. The SMILES string of the molecule is CN(C)C(=O)CN(C)C(=O)c1ccc2cnnn2c1. The number of likely N-dealkylation sites (N-methyl/N-ethyl adjacent to an activating group) is 2. The Morgan fingerprint density at radius 1 is 1.26 bits per heavy atom. The fourth-order valence-electron chi connectivity index (χ4n) is 1.58. The first-order valence-electron chi connectivity index (χ1n) is 5.74. The lowest BCUT2D eigenvalue weighted by atomic mass is 10.2. The van der Waals surface area contributed by atoms with Crippen LogP contribution >= 0.6 is 0 Å². The third kappa shape index (κ3) is 2.70. The Bertz CT molecular complexity index is 619. The predicted molar refractivity (Wildman–Crippen MR) is 68.6 cm³/mol. The first-order valence-corrected chi connectivity index (χ1v) is 5.74. The maximum Gasteiger partial charge on any atom is 0.255 e. The van der Waals surface area contributed by atoms with Crippen LogP contribution < -0.4 is 0 Å². The summed E-state index contributed by atoms with van der Waals surface area (Å²) in [5, 5.41) is 7.58. The Morgan fingerprint density at radius 3 is 2.68 bits per heavy atom. The van der Waals surface area contributed by atoms with Crippen molar-refractivity contribution in [3.63, 3.8) is 0 Å². The van der Waals surface area contributed by atoms with E-state index in [1.807, 2.05) is 0 Å². The molecular formula is C12H15N5O2. The molecule has 0 aliphatic heterocycles. The van der Waals surface area contributed by atoms with Crippen LogP contribution in [0.25, 0.3) is 5.52 Å². The van der Waals surface area contributed by atoms with Gasteiger partial charge in [0.1, 0.15) is 0 Å². The predicted octanol–water partition coefficient (Wildman–Crippen LogP) is -0.111. The Balaban J connectivity index is 2.16. The molecule has 0 N–H and O–H groups in total. The second kappa shape index (κ2) is 5.05. The molecule has 100 valence electrons. The van der Waals surface area contributed by atoms with E-state index in [9.17, 15) is 9.59 Å². The maximum atomic E-state index is 12.2. The molecule has 0 radical (unpaired) electrons. The highest BCUT2D eigenvalue weighted by Gasteiger charge is 2.16. The van der Waals surface area contributed by atoms with E-state index in [1.165, 1.54) is 14.3 Å². The average molecular weight is 261 g/mol. The van der Waals surface area contributed by atoms with Gasteiger partial charge in [0.2, 0.25) is 5.91 Å². The molecule has 0 unspecified atom stereocenters. The molecule has 0 bridgehead atoms. The molecule has 2 amide bonds. The summed E-state index contributed by atoms with van der Waals surface area (Å²) in [5.41, 5.74) is 1.27. The van der Waals surface area contributed by atoms with Crippen molar-refractivity contribution < 1.29 is 9.59 Å². The van der Waals surface area contributed by atoms with Crippen LogP contribution in [0.2, 0.25) is 0 Å². The molecule has 0 saturated carbocycles. The van der Waals surface area contributed by atoms with E-state index in [0.717, 1.165) is 5.52 Å². The van der Waals surface area contributed by atoms with Crippen LogP contribution in [0.15, 0.2) is 24.5 Å². The average Bonchev–Trinajstić information content (AvgIpc) is 2.84. The van der Waals surface area contributed by atoms with E-state index in [4.69, 9.17) is 0 Å². The Hall–Kier alpha value is -2.44. The fraction of sp³-hybridized carbons (Fsp3) is 0.333. The molecule has 0 saturated heterocycles. The molecule has 2 aromatic heterocycles. The minimum atomic E-state index is -0.229. The molecule has 0 aliphatic carbocycles. The van der Waals surface area contributed by atoms with Gasteiger partial charge in [0.25, 0.3) is 5.91 Å². The van der Waals surface area contributed by atoms with Crippen LogP contribution in [0, 0.1) is 0 Å². The molecule has 0 aliphatic rings. The van der Waals surface area contributed by atoms with Gasteiger partial charge in [0, 0.05) is 27.3 Å². The zero-order chi connectivity index (χ0) is 14.0. The molecule has 7 nitrogen and oxygen atoms in total. The van der Waals surface area contributed by atoms with Gasteiger partial charge in [-0.25, -0.2) is 4.52 Å². The van der Waals surface area contributed by atoms with Crippen LogP contribution in [0.3, 0.4) is 0 Å². The van der Waals surface area contributed by atoms with Crippen molar-refractivity contribution in [2.45, 2.75) is 0 Å². The van der Waals surface area contributed by atoms with E-state index < -0.39 is 0 Å². The molecule has 0 spiro atoms. The van der Waals surface area contributed by atoms with Gasteiger partial charge in [-0.2, -0.15) is 0 Å². The number of hydrogen-bond donors (Lipinski definition) is 0. The number of rotatable bonds is 3. The van der Waals surface area contributed by atoms with Crippen LogP contribution in [-0.4, -0.2) is 64.1 Å². The van der Waals surface area contributed by atoms with Crippen LogP contribution in [-0.2, 0) is 4.79 Å². The second-order valence-corrected chi connectivity index (χ2v) is 4.47. The van der Waals surface area contributed by atoms with Crippen LogP contribution in [0.1, 0.15) is 10.4 Å². The molecule has 19 heavy (non-hydrogen) atoms. The number of nitrogens with zero attached hydrogens (tertiary/aromatic N) is 5. The van der Waals surface area contributed by atoms with Crippen molar-refractivity contribution in [1.82, 2.24) is 24.6 Å². The van der Waals surface area contributed by atoms with E-state index in [-0.39, 0.29) is 18.4 Å². The number of pyridine rings is 1. The molecule has 2 rings (SSSR count). The van der Waals surface area contributed by atoms with Gasteiger partial charge >= 0.3 is 0 Å². The summed E-state index contributed by atoms with van der Waals surface area (Å²) in [6.45, 7) is 0.0429. The summed E-state index contributed by atoms with van der Waals surface area (Å²) in [6, 6.07) is 3.45. The topological polar surface area (TPSA) is 70.8 Å². The number of fused-ring (bicyclic) bond motifs is 1. The lowest BCUT2D eigenvalue weighted by Gasteiger charge is -2.19. The molecular weight excluding hydrogens is 246 g/mol. The van der Waals surface area contributed by atoms with Gasteiger partial charge in [-0.05, 0) is 12.1 Å². The molecule has 2 heterocycles. The smallest absolute Gasteiger partial charge is 0.255 e. The summed E-state index contributed by atoms with van der Waals surface area (Å²) >= 11 is 0. The van der Waals surface area contributed by atoms with Gasteiger partial charge in [-0.3, -0.25) is 9.59 Å². The molecule has 7 heteroatoms. The maximum absolute atomic E-state index is 12.2. The first-order chi connectivity index (χ1) is 8.99. The summed E-state index contributed by atoms with van der Waals surface area (Å²) in [5.74, 6) is -0.356. The quantitative estimate of drug-likeness (QED) is 0.773. The Morgan fingerprint density at radius 2 is 2.00 bits per heavy atom. The normalized spacial score (nSPS) is 10.5. The fourth-order valence-corrected chi connectivity index (χ4v) is 1.58. The zero-order valence-electron chi connectivity index (χ0n) is 11.1. The van der Waals surface area contributed by atoms with E-state index in [0.29, 0.717) is 5.56 Å². The number of amides is 2. The third-order valence-electron chi connectivity index (χ3n) is 2.76. The van der Waals surface area contributed by atoms with E-state index in [2.05, 4.69) is 10.3 Å². The van der Waals surface area contributed by atoms with Crippen molar-refractivity contribution >= 4 is 17.3 Å². The summed E-state index contributed by atoms with van der Waals surface area (Å²) in [4.78, 5) is 26.6. The van der Waals surface area contributed by atoms with Crippen LogP contribution in [0.4, 0.5) is 0 Å². The van der Waals surface area contributed by atoms with Crippen molar-refractivity contribution in [3.05, 3.63) is 30.1 Å². The summed E-state index contributed by atoms with van der Waals surface area (Å²) in [6.07, 6.45) is 3.20. The lowest BCUT2D eigenvalue weighted by molar-refractivity contribution is -0.129.